The van der Waals surface area contributed by atoms with Gasteiger partial charge in [0.1, 0.15) is 0 Å². The van der Waals surface area contributed by atoms with E-state index >= 15 is 0 Å². The third-order valence-electron chi connectivity index (χ3n) is 5.73. The van der Waals surface area contributed by atoms with Gasteiger partial charge in [0.05, 0.1) is 11.0 Å². The number of nitro groups is 1. The van der Waals surface area contributed by atoms with Gasteiger partial charge in [0.15, 0.2) is 11.5 Å². The maximum atomic E-state index is 11.5. The van der Waals surface area contributed by atoms with E-state index in [0.29, 0.717) is 24.0 Å². The second kappa shape index (κ2) is 15.1. The number of aromatic hydroxyl groups is 2. The molecule has 1 aromatic carbocycles. The molecule has 0 heterocycles. The minimum atomic E-state index is -0.427. The summed E-state index contributed by atoms with van der Waals surface area (Å²) in [6.07, 6.45) is 17.2. The van der Waals surface area contributed by atoms with Crippen molar-refractivity contribution in [2.75, 3.05) is 0 Å². The fourth-order valence-corrected chi connectivity index (χ4v) is 3.97. The second-order valence-corrected chi connectivity index (χ2v) is 8.22. The van der Waals surface area contributed by atoms with Crippen LogP contribution in [0.4, 0.5) is 5.69 Å². The lowest BCUT2D eigenvalue weighted by molar-refractivity contribution is -0.385. The third kappa shape index (κ3) is 9.51. The van der Waals surface area contributed by atoms with Gasteiger partial charge < -0.3 is 10.2 Å². The number of nitro benzene ring substituents is 1. The minimum Gasteiger partial charge on any atom is -0.504 e. The van der Waals surface area contributed by atoms with E-state index in [4.69, 9.17) is 0 Å². The largest absolute Gasteiger partial charge is 0.504 e. The van der Waals surface area contributed by atoms with Crippen molar-refractivity contribution in [1.82, 2.24) is 0 Å². The third-order valence-corrected chi connectivity index (χ3v) is 5.73. The summed E-state index contributed by atoms with van der Waals surface area (Å²) in [6.45, 7) is 4.40. The SMILES string of the molecule is CCCCCCCCCc1c([N+](=O)[O-])cc(O)c(O)c1CCCCCCCCC. The van der Waals surface area contributed by atoms with E-state index in [1.807, 2.05) is 0 Å². The zero-order valence-corrected chi connectivity index (χ0v) is 18.5. The molecule has 166 valence electrons. The van der Waals surface area contributed by atoms with E-state index in [-0.39, 0.29) is 17.2 Å². The Hall–Kier alpha value is -1.78. The van der Waals surface area contributed by atoms with Crippen LogP contribution in [0.25, 0.3) is 0 Å². The molecule has 0 saturated heterocycles. The summed E-state index contributed by atoms with van der Waals surface area (Å²) in [5.41, 5.74) is 1.14. The van der Waals surface area contributed by atoms with E-state index in [2.05, 4.69) is 13.8 Å². The van der Waals surface area contributed by atoms with Crippen LogP contribution in [0.2, 0.25) is 0 Å². The molecule has 1 rings (SSSR count). The minimum absolute atomic E-state index is 0.0516. The van der Waals surface area contributed by atoms with Crippen molar-refractivity contribution in [3.63, 3.8) is 0 Å². The highest BCUT2D eigenvalue weighted by Gasteiger charge is 2.23. The van der Waals surface area contributed by atoms with E-state index in [1.165, 1.54) is 51.4 Å². The quantitative estimate of drug-likeness (QED) is 0.121. The molecule has 0 aliphatic heterocycles. The summed E-state index contributed by atoms with van der Waals surface area (Å²) in [5.74, 6) is -0.544. The number of rotatable bonds is 17. The van der Waals surface area contributed by atoms with Gasteiger partial charge in [0.2, 0.25) is 0 Å². The lowest BCUT2D eigenvalue weighted by Gasteiger charge is -2.14. The smallest absolute Gasteiger partial charge is 0.276 e. The van der Waals surface area contributed by atoms with Crippen molar-refractivity contribution in [2.45, 2.75) is 117 Å². The van der Waals surface area contributed by atoms with Crippen LogP contribution in [-0.2, 0) is 12.8 Å². The van der Waals surface area contributed by atoms with Crippen LogP contribution in [0.5, 0.6) is 11.5 Å². The van der Waals surface area contributed by atoms with Crippen molar-refractivity contribution in [3.8, 4) is 11.5 Å². The lowest BCUT2D eigenvalue weighted by Crippen LogP contribution is -2.03. The molecule has 0 aliphatic carbocycles. The first-order valence-electron chi connectivity index (χ1n) is 11.7. The zero-order chi connectivity index (χ0) is 21.5. The van der Waals surface area contributed by atoms with E-state index in [1.54, 1.807) is 0 Å². The highest BCUT2D eigenvalue weighted by molar-refractivity contribution is 5.59. The van der Waals surface area contributed by atoms with Gasteiger partial charge in [-0.3, -0.25) is 10.1 Å². The zero-order valence-electron chi connectivity index (χ0n) is 18.5. The molecular weight excluding hydrogens is 366 g/mol. The number of unbranched alkanes of at least 4 members (excludes halogenated alkanes) is 12. The molecule has 0 unspecified atom stereocenters. The van der Waals surface area contributed by atoms with Gasteiger partial charge in [-0.1, -0.05) is 90.9 Å². The molecule has 1 aromatic rings. The monoisotopic (exact) mass is 407 g/mol. The van der Waals surface area contributed by atoms with E-state index in [9.17, 15) is 20.3 Å². The van der Waals surface area contributed by atoms with Gasteiger partial charge in [-0.2, -0.15) is 0 Å². The van der Waals surface area contributed by atoms with Gasteiger partial charge in [0, 0.05) is 11.1 Å². The number of phenolic OH excluding ortho intramolecular Hbond substituents is 2. The molecule has 5 heteroatoms. The predicted molar refractivity (Wildman–Crippen MR) is 120 cm³/mol. The molecule has 2 N–H and O–H groups in total. The molecule has 0 aromatic heterocycles. The Labute approximate surface area is 176 Å². The van der Waals surface area contributed by atoms with Gasteiger partial charge in [-0.25, -0.2) is 0 Å². The summed E-state index contributed by atoms with van der Waals surface area (Å²) in [7, 11) is 0. The molecule has 0 aliphatic rings. The van der Waals surface area contributed by atoms with Crippen LogP contribution in [-0.4, -0.2) is 15.1 Å². The molecule has 0 fully saturated rings. The van der Waals surface area contributed by atoms with Gasteiger partial charge in [-0.05, 0) is 25.7 Å². The van der Waals surface area contributed by atoms with Crippen LogP contribution in [0.1, 0.15) is 115 Å². The lowest BCUT2D eigenvalue weighted by atomic mass is 9.93. The van der Waals surface area contributed by atoms with Crippen molar-refractivity contribution in [1.29, 1.82) is 0 Å². The van der Waals surface area contributed by atoms with Crippen molar-refractivity contribution in [3.05, 3.63) is 27.3 Å². The fraction of sp³-hybridized carbons (Fsp3) is 0.750. The average molecular weight is 408 g/mol. The Balaban J connectivity index is 2.69. The maximum Gasteiger partial charge on any atom is 0.276 e. The highest BCUT2D eigenvalue weighted by Crippen LogP contribution is 2.39. The Morgan fingerprint density at radius 2 is 1.14 bits per heavy atom. The number of nitrogens with zero attached hydrogens (tertiary/aromatic N) is 1. The molecule has 0 saturated carbocycles. The number of benzene rings is 1. The Morgan fingerprint density at radius 1 is 0.724 bits per heavy atom. The number of hydrogen-bond donors (Lipinski definition) is 2. The normalized spacial score (nSPS) is 11.1. The average Bonchev–Trinajstić information content (AvgIpc) is 2.70. The van der Waals surface area contributed by atoms with Crippen molar-refractivity contribution in [2.24, 2.45) is 0 Å². The van der Waals surface area contributed by atoms with Crippen LogP contribution in [0.3, 0.4) is 0 Å². The summed E-state index contributed by atoms with van der Waals surface area (Å²) >= 11 is 0. The Kier molecular flexibility index (Phi) is 13.2. The van der Waals surface area contributed by atoms with E-state index < -0.39 is 4.92 Å². The number of hydrogen-bond acceptors (Lipinski definition) is 4. The molecule has 0 bridgehead atoms. The van der Waals surface area contributed by atoms with Crippen LogP contribution in [0.15, 0.2) is 6.07 Å². The van der Waals surface area contributed by atoms with Gasteiger partial charge in [-0.15, -0.1) is 0 Å². The highest BCUT2D eigenvalue weighted by atomic mass is 16.6. The van der Waals surface area contributed by atoms with Crippen molar-refractivity contribution >= 4 is 5.69 Å². The van der Waals surface area contributed by atoms with Crippen molar-refractivity contribution < 1.29 is 15.1 Å². The topological polar surface area (TPSA) is 83.6 Å². The standard InChI is InChI=1S/C24H41NO4/c1-3-5-7-9-11-13-15-17-20-21(18-16-14-12-10-8-6-4-2)24(27)23(26)19-22(20)25(28)29/h19,26-27H,3-18H2,1-2H3. The Bertz CT molecular complexity index is 601. The van der Waals surface area contributed by atoms with E-state index in [0.717, 1.165) is 44.6 Å². The molecule has 0 radical (unpaired) electrons. The molecule has 29 heavy (non-hydrogen) atoms. The maximum absolute atomic E-state index is 11.5. The first-order chi connectivity index (χ1) is 14.0. The van der Waals surface area contributed by atoms with Crippen LogP contribution in [0, 0.1) is 10.1 Å². The van der Waals surface area contributed by atoms with Crippen LogP contribution < -0.4 is 0 Å². The van der Waals surface area contributed by atoms with Crippen LogP contribution >= 0.6 is 0 Å². The summed E-state index contributed by atoms with van der Waals surface area (Å²) in [6, 6.07) is 1.11. The summed E-state index contributed by atoms with van der Waals surface area (Å²) < 4.78 is 0. The molecule has 0 atom stereocenters. The van der Waals surface area contributed by atoms with Gasteiger partial charge in [0.25, 0.3) is 5.69 Å². The Morgan fingerprint density at radius 3 is 1.59 bits per heavy atom. The second-order valence-electron chi connectivity index (χ2n) is 8.22. The molecule has 5 nitrogen and oxygen atoms in total. The molecule has 0 spiro atoms. The summed E-state index contributed by atoms with van der Waals surface area (Å²) in [4.78, 5) is 11.1. The molecule has 0 amide bonds. The first kappa shape index (κ1) is 25.3. The predicted octanol–water partition coefficient (Wildman–Crippen LogP) is 7.59. The summed E-state index contributed by atoms with van der Waals surface area (Å²) in [5, 5.41) is 31.9. The molecular formula is C24H41NO4. The fourth-order valence-electron chi connectivity index (χ4n) is 3.97. The first-order valence-corrected chi connectivity index (χ1v) is 11.7. The van der Waals surface area contributed by atoms with Gasteiger partial charge >= 0.3 is 0 Å². The number of phenols is 2.